The van der Waals surface area contributed by atoms with Crippen LogP contribution in [0.15, 0.2) is 47.5 Å². The van der Waals surface area contributed by atoms with Gasteiger partial charge < -0.3 is 0 Å². The quantitative estimate of drug-likeness (QED) is 0.349. The van der Waals surface area contributed by atoms with Crippen LogP contribution < -0.4 is 0 Å². The fraction of sp³-hybridized carbons (Fsp3) is 0.292. The molecule has 0 saturated carbocycles. The van der Waals surface area contributed by atoms with Gasteiger partial charge in [0.1, 0.15) is 9.84 Å². The van der Waals surface area contributed by atoms with E-state index in [0.29, 0.717) is 16.5 Å². The molecule has 0 unspecified atom stereocenters. The first-order valence-corrected chi connectivity index (χ1v) is 14.2. The van der Waals surface area contributed by atoms with Crippen LogP contribution in [0.3, 0.4) is 0 Å². The Labute approximate surface area is 220 Å². The molecule has 2 aromatic carbocycles. The summed E-state index contributed by atoms with van der Waals surface area (Å²) in [4.78, 5) is 26.4. The van der Waals surface area contributed by atoms with Gasteiger partial charge in [-0.15, -0.1) is 0 Å². The standard InChI is InChI=1S/C24H21ClF3N3O4S2/c1-14(13-37(2,34)35)11-30-22(32)21(36-23(30)33)8-15-3-6-20-17(7-15)10-29-31(20)12-16-4-5-18(25)9-19(16)24(26,27)28/h3-10,14H,11-13H2,1-2H3/b21-8-/t14-/m0/s1. The van der Waals surface area contributed by atoms with Crippen LogP contribution in [-0.4, -0.2) is 52.8 Å². The fourth-order valence-corrected chi connectivity index (χ4v) is 6.28. The minimum atomic E-state index is -4.57. The first-order valence-electron chi connectivity index (χ1n) is 11.0. The van der Waals surface area contributed by atoms with Gasteiger partial charge in [-0.05, 0) is 59.1 Å². The summed E-state index contributed by atoms with van der Waals surface area (Å²) in [5.74, 6) is -1.06. The molecule has 0 bridgehead atoms. The molecular weight excluding hydrogens is 551 g/mol. The second-order valence-electron chi connectivity index (χ2n) is 8.91. The zero-order valence-corrected chi connectivity index (χ0v) is 22.0. The molecule has 1 aliphatic rings. The number of sulfone groups is 1. The van der Waals surface area contributed by atoms with Gasteiger partial charge >= 0.3 is 6.18 Å². The van der Waals surface area contributed by atoms with Gasteiger partial charge in [0.15, 0.2) is 0 Å². The van der Waals surface area contributed by atoms with Crippen molar-refractivity contribution in [2.75, 3.05) is 18.6 Å². The summed E-state index contributed by atoms with van der Waals surface area (Å²) in [5.41, 5.74) is 0.374. The van der Waals surface area contributed by atoms with Crippen LogP contribution in [0, 0.1) is 5.92 Å². The Bertz CT molecular complexity index is 1530. The molecule has 1 fully saturated rings. The number of carbonyl (C=O) groups excluding carboxylic acids is 2. The number of imide groups is 1. The first kappa shape index (κ1) is 27.2. The Kier molecular flexibility index (Phi) is 7.46. The van der Waals surface area contributed by atoms with Crippen LogP contribution in [0.25, 0.3) is 17.0 Å². The van der Waals surface area contributed by atoms with Crippen LogP contribution in [0.1, 0.15) is 23.6 Å². The Hall–Kier alpha value is -2.83. The van der Waals surface area contributed by atoms with Crippen molar-refractivity contribution in [1.82, 2.24) is 14.7 Å². The number of thioether (sulfide) groups is 1. The smallest absolute Gasteiger partial charge is 0.268 e. The second-order valence-corrected chi connectivity index (χ2v) is 12.5. The largest absolute Gasteiger partial charge is 0.416 e. The van der Waals surface area contributed by atoms with Crippen LogP contribution >= 0.6 is 23.4 Å². The van der Waals surface area contributed by atoms with E-state index in [1.165, 1.54) is 23.0 Å². The van der Waals surface area contributed by atoms with Crippen molar-refractivity contribution in [2.24, 2.45) is 5.92 Å². The topological polar surface area (TPSA) is 89.3 Å². The highest BCUT2D eigenvalue weighted by atomic mass is 35.5. The molecular formula is C24H21ClF3N3O4S2. The molecule has 0 radical (unpaired) electrons. The fourth-order valence-electron chi connectivity index (χ4n) is 4.12. The van der Waals surface area contributed by atoms with E-state index in [1.54, 1.807) is 31.2 Å². The third kappa shape index (κ3) is 6.36. The number of halogens is 4. The van der Waals surface area contributed by atoms with Crippen molar-refractivity contribution in [1.29, 1.82) is 0 Å². The highest BCUT2D eigenvalue weighted by Crippen LogP contribution is 2.35. The summed E-state index contributed by atoms with van der Waals surface area (Å²) in [6, 6.07) is 8.66. The van der Waals surface area contributed by atoms with Crippen molar-refractivity contribution in [2.45, 2.75) is 19.6 Å². The monoisotopic (exact) mass is 571 g/mol. The van der Waals surface area contributed by atoms with Gasteiger partial charge in [-0.3, -0.25) is 19.2 Å². The minimum absolute atomic E-state index is 0.00844. The van der Waals surface area contributed by atoms with E-state index >= 15 is 0 Å². The van der Waals surface area contributed by atoms with Gasteiger partial charge in [-0.2, -0.15) is 18.3 Å². The normalized spacial score (nSPS) is 16.8. The lowest BCUT2D eigenvalue weighted by molar-refractivity contribution is -0.138. The highest BCUT2D eigenvalue weighted by Gasteiger charge is 2.36. The van der Waals surface area contributed by atoms with E-state index in [-0.39, 0.29) is 34.3 Å². The molecule has 0 aliphatic carbocycles. The van der Waals surface area contributed by atoms with Crippen LogP contribution in [0.4, 0.5) is 18.0 Å². The van der Waals surface area contributed by atoms with Gasteiger partial charge in [0.25, 0.3) is 11.1 Å². The number of carbonyl (C=O) groups is 2. The number of fused-ring (bicyclic) bond motifs is 1. The van der Waals surface area contributed by atoms with Gasteiger partial charge in [-0.1, -0.05) is 30.7 Å². The molecule has 0 spiro atoms. The second kappa shape index (κ2) is 10.1. The molecule has 3 aromatic rings. The Morgan fingerprint density at radius 3 is 2.57 bits per heavy atom. The van der Waals surface area contributed by atoms with Crippen LogP contribution in [0.2, 0.25) is 5.02 Å². The van der Waals surface area contributed by atoms with Crippen molar-refractivity contribution >= 4 is 61.3 Å². The van der Waals surface area contributed by atoms with E-state index in [9.17, 15) is 31.2 Å². The van der Waals surface area contributed by atoms with Gasteiger partial charge in [0.05, 0.1) is 34.5 Å². The molecule has 196 valence electrons. The maximum absolute atomic E-state index is 13.5. The SMILES string of the molecule is C[C@@H](CN1C(=O)S/C(=C\c2ccc3c(cnn3Cc3ccc(Cl)cc3C(F)(F)F)c2)C1=O)CS(C)(=O)=O. The van der Waals surface area contributed by atoms with Crippen molar-refractivity contribution < 1.29 is 31.2 Å². The number of aromatic nitrogens is 2. The van der Waals surface area contributed by atoms with E-state index in [1.807, 2.05) is 0 Å². The number of rotatable bonds is 7. The average molecular weight is 572 g/mol. The van der Waals surface area contributed by atoms with Crippen molar-refractivity contribution in [3.05, 3.63) is 69.2 Å². The first-order chi connectivity index (χ1) is 17.2. The maximum Gasteiger partial charge on any atom is 0.416 e. The lowest BCUT2D eigenvalue weighted by Gasteiger charge is -2.17. The third-order valence-electron chi connectivity index (χ3n) is 5.62. The summed E-state index contributed by atoms with van der Waals surface area (Å²) in [5, 5.41) is 4.37. The summed E-state index contributed by atoms with van der Waals surface area (Å²) in [7, 11) is -3.25. The number of hydrogen-bond donors (Lipinski definition) is 0. The van der Waals surface area contributed by atoms with E-state index in [2.05, 4.69) is 5.10 Å². The lowest BCUT2D eigenvalue weighted by Crippen LogP contribution is -2.34. The molecule has 1 saturated heterocycles. The molecule has 2 amide bonds. The zero-order chi connectivity index (χ0) is 27.1. The molecule has 1 aliphatic heterocycles. The van der Waals surface area contributed by atoms with Crippen LogP contribution in [-0.2, 0) is 27.4 Å². The Morgan fingerprint density at radius 1 is 1.16 bits per heavy atom. The van der Waals surface area contributed by atoms with Crippen LogP contribution in [0.5, 0.6) is 0 Å². The molecule has 1 atom stereocenters. The summed E-state index contributed by atoms with van der Waals surface area (Å²) < 4.78 is 64.8. The number of amides is 2. The lowest BCUT2D eigenvalue weighted by atomic mass is 10.1. The molecule has 0 N–H and O–H groups in total. The summed E-state index contributed by atoms with van der Waals surface area (Å²) in [6.07, 6.45) is -0.416. The predicted molar refractivity (Wildman–Crippen MR) is 137 cm³/mol. The van der Waals surface area contributed by atoms with Gasteiger partial charge in [0.2, 0.25) is 0 Å². The molecule has 4 rings (SSSR count). The Morgan fingerprint density at radius 2 is 1.89 bits per heavy atom. The third-order valence-corrected chi connectivity index (χ3v) is 7.93. The Balaban J connectivity index is 1.55. The number of hydrogen-bond acceptors (Lipinski definition) is 6. The molecule has 7 nitrogen and oxygen atoms in total. The highest BCUT2D eigenvalue weighted by molar-refractivity contribution is 8.18. The summed E-state index contributed by atoms with van der Waals surface area (Å²) >= 11 is 6.53. The number of alkyl halides is 3. The van der Waals surface area contributed by atoms with Gasteiger partial charge in [0, 0.05) is 23.2 Å². The van der Waals surface area contributed by atoms with E-state index in [0.717, 1.165) is 29.0 Å². The zero-order valence-electron chi connectivity index (χ0n) is 19.6. The molecule has 37 heavy (non-hydrogen) atoms. The van der Waals surface area contributed by atoms with E-state index < -0.39 is 38.6 Å². The predicted octanol–water partition coefficient (Wildman–Crippen LogP) is 5.47. The molecule has 13 heteroatoms. The number of nitrogens with zero attached hydrogens (tertiary/aromatic N) is 3. The average Bonchev–Trinajstić information content (AvgIpc) is 3.28. The summed E-state index contributed by atoms with van der Waals surface area (Å²) in [6.45, 7) is 1.52. The number of benzene rings is 2. The molecule has 2 heterocycles. The van der Waals surface area contributed by atoms with Crippen molar-refractivity contribution in [3.63, 3.8) is 0 Å². The van der Waals surface area contributed by atoms with Gasteiger partial charge in [-0.25, -0.2) is 8.42 Å². The van der Waals surface area contributed by atoms with E-state index in [4.69, 9.17) is 11.6 Å². The maximum atomic E-state index is 13.5. The van der Waals surface area contributed by atoms with Crippen molar-refractivity contribution in [3.8, 4) is 0 Å². The molecule has 1 aromatic heterocycles. The minimum Gasteiger partial charge on any atom is -0.268 e.